The third-order valence-corrected chi connectivity index (χ3v) is 9.09. The predicted molar refractivity (Wildman–Crippen MR) is 110 cm³/mol. The molecule has 1 saturated heterocycles. The predicted octanol–water partition coefficient (Wildman–Crippen LogP) is 3.72. The number of aryl methyl sites for hydroxylation is 1. The molecule has 1 aromatic carbocycles. The number of sulfonamides is 1. The summed E-state index contributed by atoms with van der Waals surface area (Å²) in [6.45, 7) is 5.11. The number of hydrogen-bond acceptors (Lipinski definition) is 3. The van der Waals surface area contributed by atoms with E-state index in [-0.39, 0.29) is 16.8 Å². The summed E-state index contributed by atoms with van der Waals surface area (Å²) in [4.78, 5) is 13.2. The van der Waals surface area contributed by atoms with Crippen LogP contribution in [-0.4, -0.2) is 37.8 Å². The van der Waals surface area contributed by atoms with E-state index in [1.807, 2.05) is 6.92 Å². The van der Waals surface area contributed by atoms with Crippen LogP contribution in [0.1, 0.15) is 67.8 Å². The van der Waals surface area contributed by atoms with Crippen LogP contribution in [0.15, 0.2) is 23.1 Å². The molecule has 154 valence electrons. The summed E-state index contributed by atoms with van der Waals surface area (Å²) in [7, 11) is -3.53. The van der Waals surface area contributed by atoms with Gasteiger partial charge in [-0.15, -0.1) is 0 Å². The molecule has 1 N–H and O–H groups in total. The number of carbonyl (C=O) groups excluding carboxylic acids is 1. The molecular weight excluding hydrogens is 372 g/mol. The minimum atomic E-state index is -3.53. The molecule has 5 nitrogen and oxygen atoms in total. The first-order chi connectivity index (χ1) is 13.4. The van der Waals surface area contributed by atoms with Gasteiger partial charge in [0.15, 0.2) is 0 Å². The van der Waals surface area contributed by atoms with Crippen molar-refractivity contribution in [2.75, 3.05) is 13.1 Å². The summed E-state index contributed by atoms with van der Waals surface area (Å²) in [6, 6.07) is 5.09. The lowest BCUT2D eigenvalue weighted by Gasteiger charge is -2.29. The van der Waals surface area contributed by atoms with Crippen molar-refractivity contribution in [3.63, 3.8) is 0 Å². The van der Waals surface area contributed by atoms with Crippen LogP contribution in [0.5, 0.6) is 0 Å². The summed E-state index contributed by atoms with van der Waals surface area (Å²) in [5.41, 5.74) is 1.29. The highest BCUT2D eigenvalue weighted by molar-refractivity contribution is 7.89. The smallest absolute Gasteiger partial charge is 0.251 e. The van der Waals surface area contributed by atoms with E-state index >= 15 is 0 Å². The third-order valence-electron chi connectivity index (χ3n) is 7.20. The van der Waals surface area contributed by atoms with E-state index in [1.165, 1.54) is 25.7 Å². The summed E-state index contributed by atoms with van der Waals surface area (Å²) in [5, 5.41) is 3.17. The number of hydrogen-bond donors (Lipinski definition) is 1. The molecule has 2 saturated carbocycles. The number of nitrogens with one attached hydrogen (secondary N) is 1. The van der Waals surface area contributed by atoms with E-state index in [1.54, 1.807) is 22.5 Å². The number of nitrogens with zero attached hydrogens (tertiary/aromatic N) is 1. The van der Waals surface area contributed by atoms with Crippen LogP contribution in [0, 0.1) is 24.7 Å². The van der Waals surface area contributed by atoms with E-state index in [0.29, 0.717) is 24.6 Å². The minimum Gasteiger partial charge on any atom is -0.349 e. The summed E-state index contributed by atoms with van der Waals surface area (Å²) < 4.78 is 27.5. The first kappa shape index (κ1) is 19.9. The van der Waals surface area contributed by atoms with Gasteiger partial charge in [-0.3, -0.25) is 4.79 Å². The number of benzene rings is 1. The normalized spacial score (nSPS) is 29.0. The van der Waals surface area contributed by atoms with Crippen LogP contribution in [0.25, 0.3) is 0 Å². The Hall–Kier alpha value is -1.40. The zero-order valence-electron chi connectivity index (χ0n) is 17.0. The zero-order chi connectivity index (χ0) is 19.9. The Morgan fingerprint density at radius 1 is 1.14 bits per heavy atom. The standard InChI is InChI=1S/C22H32N2O3S/c1-15-6-9-19(28(26,27)24-10-4-3-5-11-24)14-20(15)22(25)23-16(2)21-13-17-7-8-18(21)12-17/h6,9,14,16-18,21H,3-5,7-8,10-13H2,1-2H3,(H,23,25). The molecule has 6 heteroatoms. The lowest BCUT2D eigenvalue weighted by atomic mass is 9.84. The quantitative estimate of drug-likeness (QED) is 0.813. The Balaban J connectivity index is 1.51. The molecule has 4 atom stereocenters. The fourth-order valence-electron chi connectivity index (χ4n) is 5.56. The average Bonchev–Trinajstić information content (AvgIpc) is 3.32. The number of rotatable bonds is 5. The molecule has 1 aromatic rings. The maximum Gasteiger partial charge on any atom is 0.251 e. The second kappa shape index (κ2) is 7.79. The van der Waals surface area contributed by atoms with Crippen molar-refractivity contribution in [2.24, 2.45) is 17.8 Å². The molecule has 0 radical (unpaired) electrons. The van der Waals surface area contributed by atoms with Crippen molar-refractivity contribution in [3.05, 3.63) is 29.3 Å². The van der Waals surface area contributed by atoms with Crippen LogP contribution < -0.4 is 5.32 Å². The lowest BCUT2D eigenvalue weighted by Crippen LogP contribution is -2.40. The maximum atomic E-state index is 13.0. The molecule has 1 aliphatic heterocycles. The van der Waals surface area contributed by atoms with Gasteiger partial charge in [0.2, 0.25) is 10.0 Å². The average molecular weight is 405 g/mol. The number of piperidine rings is 1. The molecule has 0 spiro atoms. The maximum absolute atomic E-state index is 13.0. The van der Waals surface area contributed by atoms with Crippen molar-refractivity contribution in [2.45, 2.75) is 69.7 Å². The van der Waals surface area contributed by atoms with Gasteiger partial charge in [0.25, 0.3) is 5.91 Å². The number of amides is 1. The molecule has 3 aliphatic rings. The van der Waals surface area contributed by atoms with E-state index in [9.17, 15) is 13.2 Å². The molecule has 1 amide bonds. The van der Waals surface area contributed by atoms with Gasteiger partial charge in [-0.2, -0.15) is 4.31 Å². The van der Waals surface area contributed by atoms with Crippen LogP contribution in [0.4, 0.5) is 0 Å². The van der Waals surface area contributed by atoms with Crippen molar-refractivity contribution in [1.82, 2.24) is 9.62 Å². The molecule has 1 heterocycles. The first-order valence-electron chi connectivity index (χ1n) is 10.8. The lowest BCUT2D eigenvalue weighted by molar-refractivity contribution is 0.0914. The molecule has 0 aromatic heterocycles. The van der Waals surface area contributed by atoms with Crippen LogP contribution in [0.2, 0.25) is 0 Å². The van der Waals surface area contributed by atoms with E-state index in [2.05, 4.69) is 12.2 Å². The van der Waals surface area contributed by atoms with Gasteiger partial charge < -0.3 is 5.32 Å². The third kappa shape index (κ3) is 3.73. The molecular formula is C22H32N2O3S. The van der Waals surface area contributed by atoms with E-state index in [0.717, 1.165) is 36.7 Å². The Kier molecular flexibility index (Phi) is 5.53. The van der Waals surface area contributed by atoms with Crippen molar-refractivity contribution >= 4 is 15.9 Å². The zero-order valence-corrected chi connectivity index (χ0v) is 17.8. The van der Waals surface area contributed by atoms with Gasteiger partial charge in [-0.05, 0) is 81.4 Å². The summed E-state index contributed by atoms with van der Waals surface area (Å²) >= 11 is 0. The Morgan fingerprint density at radius 3 is 2.54 bits per heavy atom. The topological polar surface area (TPSA) is 66.5 Å². The van der Waals surface area contributed by atoms with Gasteiger partial charge in [0.1, 0.15) is 0 Å². The van der Waals surface area contributed by atoms with Gasteiger partial charge in [-0.25, -0.2) is 8.42 Å². The number of fused-ring (bicyclic) bond motifs is 2. The monoisotopic (exact) mass is 404 g/mol. The van der Waals surface area contributed by atoms with Crippen LogP contribution >= 0.6 is 0 Å². The summed E-state index contributed by atoms with van der Waals surface area (Å²) in [5.74, 6) is 1.99. The van der Waals surface area contributed by atoms with Gasteiger partial charge in [0.05, 0.1) is 4.90 Å². The van der Waals surface area contributed by atoms with E-state index in [4.69, 9.17) is 0 Å². The summed E-state index contributed by atoms with van der Waals surface area (Å²) in [6.07, 6.45) is 8.05. The molecule has 3 fully saturated rings. The van der Waals surface area contributed by atoms with Crippen molar-refractivity contribution < 1.29 is 13.2 Å². The highest BCUT2D eigenvalue weighted by atomic mass is 32.2. The molecule has 4 unspecified atom stereocenters. The highest BCUT2D eigenvalue weighted by Crippen LogP contribution is 2.49. The molecule has 2 aliphatic carbocycles. The first-order valence-corrected chi connectivity index (χ1v) is 12.2. The highest BCUT2D eigenvalue weighted by Gasteiger charge is 2.42. The molecule has 28 heavy (non-hydrogen) atoms. The van der Waals surface area contributed by atoms with Gasteiger partial charge in [0, 0.05) is 24.7 Å². The van der Waals surface area contributed by atoms with E-state index < -0.39 is 10.0 Å². The fourth-order valence-corrected chi connectivity index (χ4v) is 7.10. The molecule has 4 rings (SSSR count). The number of carbonyl (C=O) groups is 1. The van der Waals surface area contributed by atoms with Crippen molar-refractivity contribution in [3.8, 4) is 0 Å². The Bertz CT molecular complexity index is 845. The molecule has 2 bridgehead atoms. The fraction of sp³-hybridized carbons (Fsp3) is 0.682. The largest absolute Gasteiger partial charge is 0.349 e. The van der Waals surface area contributed by atoms with Crippen molar-refractivity contribution in [1.29, 1.82) is 0 Å². The second-order valence-electron chi connectivity index (χ2n) is 9.04. The van der Waals surface area contributed by atoms with Crippen LogP contribution in [-0.2, 0) is 10.0 Å². The Labute approximate surface area is 168 Å². The van der Waals surface area contributed by atoms with Gasteiger partial charge >= 0.3 is 0 Å². The SMILES string of the molecule is Cc1ccc(S(=O)(=O)N2CCCCC2)cc1C(=O)NC(C)C1CC2CCC1C2. The van der Waals surface area contributed by atoms with Crippen LogP contribution in [0.3, 0.4) is 0 Å². The Morgan fingerprint density at radius 2 is 1.89 bits per heavy atom. The minimum absolute atomic E-state index is 0.129. The second-order valence-corrected chi connectivity index (χ2v) is 11.0. The van der Waals surface area contributed by atoms with Gasteiger partial charge in [-0.1, -0.05) is 18.9 Å².